The van der Waals surface area contributed by atoms with Gasteiger partial charge in [-0.1, -0.05) is 17.7 Å². The molecule has 2 N–H and O–H groups in total. The highest BCUT2D eigenvalue weighted by molar-refractivity contribution is 5.53. The molecule has 0 unspecified atom stereocenters. The second-order valence-corrected chi connectivity index (χ2v) is 5.29. The molecule has 2 heterocycles. The highest BCUT2D eigenvalue weighted by atomic mass is 16.3. The standard InChI is InChI=1S/C15H19N3O/c1-11-2-4-12(5-3-11)15-17-14(10-19-15)9-18-7-6-13(16)8-18/h2-5,10,13H,6-9,16H2,1H3/t13-/m0/s1. The van der Waals surface area contributed by atoms with Crippen molar-refractivity contribution in [2.24, 2.45) is 5.73 Å². The van der Waals surface area contributed by atoms with Crippen molar-refractivity contribution in [2.45, 2.75) is 25.9 Å². The largest absolute Gasteiger partial charge is 0.444 e. The Kier molecular flexibility index (Phi) is 3.36. The van der Waals surface area contributed by atoms with E-state index in [1.54, 1.807) is 6.26 Å². The lowest BCUT2D eigenvalue weighted by Gasteiger charge is -2.12. The van der Waals surface area contributed by atoms with Gasteiger partial charge in [-0.25, -0.2) is 4.98 Å². The molecule has 3 rings (SSSR count). The minimum absolute atomic E-state index is 0.309. The highest BCUT2D eigenvalue weighted by Gasteiger charge is 2.20. The number of likely N-dealkylation sites (tertiary alicyclic amines) is 1. The first kappa shape index (κ1) is 12.4. The lowest BCUT2D eigenvalue weighted by molar-refractivity contribution is 0.322. The summed E-state index contributed by atoms with van der Waals surface area (Å²) < 4.78 is 5.56. The van der Waals surface area contributed by atoms with Crippen LogP contribution in [0.15, 0.2) is 34.9 Å². The zero-order chi connectivity index (χ0) is 13.2. The Morgan fingerprint density at radius 2 is 2.16 bits per heavy atom. The molecule has 1 atom stereocenters. The van der Waals surface area contributed by atoms with Gasteiger partial charge in [0.15, 0.2) is 0 Å². The van der Waals surface area contributed by atoms with Gasteiger partial charge in [-0.15, -0.1) is 0 Å². The number of nitrogens with zero attached hydrogens (tertiary/aromatic N) is 2. The van der Waals surface area contributed by atoms with Gasteiger partial charge >= 0.3 is 0 Å². The minimum atomic E-state index is 0.309. The first-order valence-electron chi connectivity index (χ1n) is 6.70. The molecule has 1 aliphatic heterocycles. The number of hydrogen-bond acceptors (Lipinski definition) is 4. The average molecular weight is 257 g/mol. The first-order valence-corrected chi connectivity index (χ1v) is 6.70. The molecule has 1 saturated heterocycles. The van der Waals surface area contributed by atoms with E-state index < -0.39 is 0 Å². The number of oxazole rings is 1. The number of benzene rings is 1. The first-order chi connectivity index (χ1) is 9.20. The highest BCUT2D eigenvalue weighted by Crippen LogP contribution is 2.20. The molecular formula is C15H19N3O. The summed E-state index contributed by atoms with van der Waals surface area (Å²) in [4.78, 5) is 6.87. The van der Waals surface area contributed by atoms with Crippen LogP contribution in [0.4, 0.5) is 0 Å². The maximum Gasteiger partial charge on any atom is 0.226 e. The summed E-state index contributed by atoms with van der Waals surface area (Å²) in [6.45, 7) is 4.89. The molecule has 0 radical (unpaired) electrons. The lowest BCUT2D eigenvalue weighted by Crippen LogP contribution is -2.26. The number of aromatic nitrogens is 1. The van der Waals surface area contributed by atoms with Gasteiger partial charge in [0.1, 0.15) is 6.26 Å². The van der Waals surface area contributed by atoms with E-state index in [-0.39, 0.29) is 0 Å². The van der Waals surface area contributed by atoms with Gasteiger partial charge in [-0.05, 0) is 25.5 Å². The van der Waals surface area contributed by atoms with Crippen molar-refractivity contribution < 1.29 is 4.42 Å². The molecule has 0 amide bonds. The molecule has 4 heteroatoms. The predicted molar refractivity (Wildman–Crippen MR) is 74.5 cm³/mol. The molecule has 2 aromatic rings. The van der Waals surface area contributed by atoms with Gasteiger partial charge in [0.05, 0.1) is 5.69 Å². The molecule has 1 fully saturated rings. The molecule has 100 valence electrons. The fourth-order valence-electron chi connectivity index (χ4n) is 2.44. The lowest BCUT2D eigenvalue weighted by atomic mass is 10.1. The number of aryl methyl sites for hydroxylation is 1. The van der Waals surface area contributed by atoms with Gasteiger partial charge in [0, 0.05) is 31.2 Å². The predicted octanol–water partition coefficient (Wildman–Crippen LogP) is 2.18. The van der Waals surface area contributed by atoms with Crippen LogP contribution < -0.4 is 5.73 Å². The second-order valence-electron chi connectivity index (χ2n) is 5.29. The summed E-state index contributed by atoms with van der Waals surface area (Å²) in [5.41, 5.74) is 9.14. The number of rotatable bonds is 3. The molecule has 0 spiro atoms. The zero-order valence-electron chi connectivity index (χ0n) is 11.2. The Morgan fingerprint density at radius 1 is 1.37 bits per heavy atom. The monoisotopic (exact) mass is 257 g/mol. The van der Waals surface area contributed by atoms with E-state index in [4.69, 9.17) is 10.2 Å². The van der Waals surface area contributed by atoms with E-state index in [1.165, 1.54) is 5.56 Å². The molecule has 1 aromatic carbocycles. The third-order valence-corrected chi connectivity index (χ3v) is 3.54. The number of nitrogens with two attached hydrogens (primary N) is 1. The van der Waals surface area contributed by atoms with Crippen molar-refractivity contribution in [3.05, 3.63) is 41.8 Å². The smallest absolute Gasteiger partial charge is 0.226 e. The van der Waals surface area contributed by atoms with Crippen LogP contribution >= 0.6 is 0 Å². The summed E-state index contributed by atoms with van der Waals surface area (Å²) in [6.07, 6.45) is 2.82. The van der Waals surface area contributed by atoms with E-state index in [2.05, 4.69) is 28.9 Å². The Hall–Kier alpha value is -1.65. The van der Waals surface area contributed by atoms with E-state index >= 15 is 0 Å². The van der Waals surface area contributed by atoms with Crippen LogP contribution in [0.1, 0.15) is 17.7 Å². The van der Waals surface area contributed by atoms with Crippen LogP contribution in [0.5, 0.6) is 0 Å². The van der Waals surface area contributed by atoms with Gasteiger partial charge in [-0.3, -0.25) is 4.90 Å². The van der Waals surface area contributed by atoms with E-state index in [0.29, 0.717) is 11.9 Å². The minimum Gasteiger partial charge on any atom is -0.444 e. The van der Waals surface area contributed by atoms with Crippen molar-refractivity contribution >= 4 is 0 Å². The van der Waals surface area contributed by atoms with Crippen LogP contribution in [0.25, 0.3) is 11.5 Å². The molecule has 0 bridgehead atoms. The average Bonchev–Trinajstić information content (AvgIpc) is 3.00. The van der Waals surface area contributed by atoms with E-state index in [9.17, 15) is 0 Å². The van der Waals surface area contributed by atoms with E-state index in [1.807, 2.05) is 12.1 Å². The van der Waals surface area contributed by atoms with Crippen molar-refractivity contribution in [1.82, 2.24) is 9.88 Å². The van der Waals surface area contributed by atoms with Gasteiger partial charge in [0.25, 0.3) is 0 Å². The normalized spacial score (nSPS) is 20.0. The molecular weight excluding hydrogens is 238 g/mol. The maximum absolute atomic E-state index is 5.90. The summed E-state index contributed by atoms with van der Waals surface area (Å²) in [7, 11) is 0. The summed E-state index contributed by atoms with van der Waals surface area (Å²) in [6, 6.07) is 8.52. The molecule has 0 saturated carbocycles. The van der Waals surface area contributed by atoms with Crippen LogP contribution in [-0.4, -0.2) is 29.0 Å². The van der Waals surface area contributed by atoms with Crippen LogP contribution in [0.2, 0.25) is 0 Å². The molecule has 19 heavy (non-hydrogen) atoms. The van der Waals surface area contributed by atoms with Crippen molar-refractivity contribution in [1.29, 1.82) is 0 Å². The fourth-order valence-corrected chi connectivity index (χ4v) is 2.44. The zero-order valence-corrected chi connectivity index (χ0v) is 11.2. The van der Waals surface area contributed by atoms with Crippen molar-refractivity contribution in [3.63, 3.8) is 0 Å². The third kappa shape index (κ3) is 2.85. The topological polar surface area (TPSA) is 55.3 Å². The second kappa shape index (κ2) is 5.15. The maximum atomic E-state index is 5.90. The van der Waals surface area contributed by atoms with Gasteiger partial charge in [0.2, 0.25) is 5.89 Å². The quantitative estimate of drug-likeness (QED) is 0.915. The summed E-state index contributed by atoms with van der Waals surface area (Å²) >= 11 is 0. The Labute approximate surface area is 113 Å². The summed E-state index contributed by atoms with van der Waals surface area (Å²) in [5, 5.41) is 0. The van der Waals surface area contributed by atoms with E-state index in [0.717, 1.165) is 37.3 Å². The third-order valence-electron chi connectivity index (χ3n) is 3.54. The molecule has 1 aromatic heterocycles. The van der Waals surface area contributed by atoms with Crippen LogP contribution in [0.3, 0.4) is 0 Å². The Bertz CT molecular complexity index is 547. The molecule has 4 nitrogen and oxygen atoms in total. The Balaban J connectivity index is 1.71. The Morgan fingerprint density at radius 3 is 2.84 bits per heavy atom. The van der Waals surface area contributed by atoms with Crippen molar-refractivity contribution in [3.8, 4) is 11.5 Å². The van der Waals surface area contributed by atoms with Gasteiger partial charge < -0.3 is 10.2 Å². The SMILES string of the molecule is Cc1ccc(-c2nc(CN3CC[C@H](N)C3)co2)cc1. The van der Waals surface area contributed by atoms with Crippen LogP contribution in [0, 0.1) is 6.92 Å². The summed E-state index contributed by atoms with van der Waals surface area (Å²) in [5.74, 6) is 0.693. The molecule has 0 aliphatic carbocycles. The number of hydrogen-bond donors (Lipinski definition) is 1. The fraction of sp³-hybridized carbons (Fsp3) is 0.400. The van der Waals surface area contributed by atoms with Crippen molar-refractivity contribution in [2.75, 3.05) is 13.1 Å². The van der Waals surface area contributed by atoms with Crippen LogP contribution in [-0.2, 0) is 6.54 Å². The van der Waals surface area contributed by atoms with Gasteiger partial charge in [-0.2, -0.15) is 0 Å². The molecule has 1 aliphatic rings.